The van der Waals surface area contributed by atoms with E-state index in [1.54, 1.807) is 11.1 Å². The first-order valence-electron chi connectivity index (χ1n) is 13.4. The third-order valence-corrected chi connectivity index (χ3v) is 7.52. The monoisotopic (exact) mass is 436 g/mol. The maximum Gasteiger partial charge on any atom is 0.127 e. The zero-order valence-electron chi connectivity index (χ0n) is 20.9. The Morgan fingerprint density at radius 3 is 1.69 bits per heavy atom. The van der Waals surface area contributed by atoms with E-state index in [0.29, 0.717) is 5.92 Å². The summed E-state index contributed by atoms with van der Waals surface area (Å²) in [6, 6.07) is 6.35. The van der Waals surface area contributed by atoms with E-state index in [0.717, 1.165) is 29.8 Å². The minimum absolute atomic E-state index is 0.154. The molecule has 176 valence electrons. The Morgan fingerprint density at radius 1 is 0.688 bits per heavy atom. The molecule has 0 saturated heterocycles. The highest BCUT2D eigenvalue weighted by Gasteiger charge is 2.31. The predicted molar refractivity (Wildman–Crippen MR) is 135 cm³/mol. The van der Waals surface area contributed by atoms with E-state index in [1.165, 1.54) is 69.8 Å². The van der Waals surface area contributed by atoms with Crippen molar-refractivity contribution < 1.29 is 9.47 Å². The summed E-state index contributed by atoms with van der Waals surface area (Å²) in [5.41, 5.74) is 4.64. The van der Waals surface area contributed by atoms with Crippen LogP contribution in [0.2, 0.25) is 0 Å². The Balaban J connectivity index is 1.72. The topological polar surface area (TPSA) is 18.5 Å². The first-order valence-corrected chi connectivity index (χ1v) is 13.4. The number of allylic oxidation sites excluding steroid dienone is 4. The quantitative estimate of drug-likeness (QED) is 0.425. The van der Waals surface area contributed by atoms with Gasteiger partial charge in [0.05, 0.1) is 12.2 Å². The zero-order chi connectivity index (χ0) is 22.5. The highest BCUT2D eigenvalue weighted by Crippen LogP contribution is 2.48. The highest BCUT2D eigenvalue weighted by molar-refractivity contribution is 5.52. The molecule has 3 aliphatic rings. The Morgan fingerprint density at radius 2 is 1.19 bits per heavy atom. The Bertz CT molecular complexity index is 776. The second-order valence-electron chi connectivity index (χ2n) is 10.8. The molecule has 4 rings (SSSR count). The van der Waals surface area contributed by atoms with Crippen molar-refractivity contribution in [3.63, 3.8) is 0 Å². The molecule has 0 amide bonds. The molecule has 2 fully saturated rings. The molecule has 0 aliphatic heterocycles. The summed E-state index contributed by atoms with van der Waals surface area (Å²) in [4.78, 5) is 0. The molecule has 2 nitrogen and oxygen atoms in total. The fourth-order valence-corrected chi connectivity index (χ4v) is 6.16. The molecule has 32 heavy (non-hydrogen) atoms. The molecule has 1 aromatic carbocycles. The fraction of sp³-hybridized carbons (Fsp3) is 0.667. The van der Waals surface area contributed by atoms with Crippen molar-refractivity contribution in [2.45, 2.75) is 116 Å². The predicted octanol–water partition coefficient (Wildman–Crippen LogP) is 8.76. The summed E-state index contributed by atoms with van der Waals surface area (Å²) < 4.78 is 12.6. The molecule has 1 aromatic rings. The van der Waals surface area contributed by atoms with Crippen LogP contribution in [0.3, 0.4) is 0 Å². The maximum atomic E-state index is 6.31. The van der Waals surface area contributed by atoms with E-state index in [1.807, 2.05) is 0 Å². The van der Waals surface area contributed by atoms with Gasteiger partial charge in [0, 0.05) is 11.5 Å². The molecule has 1 atom stereocenters. The lowest BCUT2D eigenvalue weighted by atomic mass is 9.70. The molecule has 3 aliphatic carbocycles. The second kappa shape index (κ2) is 10.9. The van der Waals surface area contributed by atoms with Crippen LogP contribution in [-0.2, 0) is 0 Å². The van der Waals surface area contributed by atoms with E-state index in [2.05, 4.69) is 58.0 Å². The van der Waals surface area contributed by atoms with Crippen molar-refractivity contribution >= 4 is 0 Å². The molecular weight excluding hydrogens is 392 g/mol. The van der Waals surface area contributed by atoms with Gasteiger partial charge < -0.3 is 9.47 Å². The van der Waals surface area contributed by atoms with Crippen LogP contribution in [0.4, 0.5) is 0 Å². The van der Waals surface area contributed by atoms with E-state index in [9.17, 15) is 0 Å². The van der Waals surface area contributed by atoms with E-state index >= 15 is 0 Å². The molecule has 0 spiro atoms. The molecular formula is C30H44O2. The van der Waals surface area contributed by atoms with Crippen molar-refractivity contribution in [2.24, 2.45) is 11.8 Å². The lowest BCUT2D eigenvalue weighted by Crippen LogP contribution is -2.21. The SMILES string of the molecule is CC(C)Oc1cccc(OC(C)C)c1C1C=C(C2CCCCC2)C(C2CCCCC2)=CC1. The van der Waals surface area contributed by atoms with E-state index in [4.69, 9.17) is 9.47 Å². The molecule has 2 saturated carbocycles. The van der Waals surface area contributed by atoms with Crippen molar-refractivity contribution in [3.05, 3.63) is 47.1 Å². The van der Waals surface area contributed by atoms with Gasteiger partial charge >= 0.3 is 0 Å². The fourth-order valence-electron chi connectivity index (χ4n) is 6.16. The van der Waals surface area contributed by atoms with Crippen LogP contribution < -0.4 is 9.47 Å². The number of rotatable bonds is 7. The van der Waals surface area contributed by atoms with Crippen molar-refractivity contribution in [1.82, 2.24) is 0 Å². The summed E-state index contributed by atoms with van der Waals surface area (Å²) in [5.74, 6) is 3.86. The molecule has 0 bridgehead atoms. The average molecular weight is 437 g/mol. The van der Waals surface area contributed by atoms with Crippen molar-refractivity contribution in [2.75, 3.05) is 0 Å². The second-order valence-corrected chi connectivity index (χ2v) is 10.8. The van der Waals surface area contributed by atoms with Crippen LogP contribution in [0, 0.1) is 11.8 Å². The van der Waals surface area contributed by atoms with E-state index < -0.39 is 0 Å². The molecule has 0 aromatic heterocycles. The van der Waals surface area contributed by atoms with Crippen molar-refractivity contribution in [1.29, 1.82) is 0 Å². The summed E-state index contributed by atoms with van der Waals surface area (Å²) >= 11 is 0. The van der Waals surface area contributed by atoms with Crippen LogP contribution in [0.25, 0.3) is 0 Å². The lowest BCUT2D eigenvalue weighted by Gasteiger charge is -2.36. The molecule has 0 heterocycles. The van der Waals surface area contributed by atoms with Crippen LogP contribution in [0.1, 0.15) is 110 Å². The van der Waals surface area contributed by atoms with Crippen LogP contribution in [0.5, 0.6) is 11.5 Å². The zero-order valence-corrected chi connectivity index (χ0v) is 20.9. The summed E-state index contributed by atoms with van der Waals surface area (Å²) in [6.45, 7) is 8.46. The first kappa shape index (κ1) is 23.5. The number of ether oxygens (including phenoxy) is 2. The molecule has 1 unspecified atom stereocenters. The first-order chi connectivity index (χ1) is 15.5. The minimum atomic E-state index is 0.154. The molecule has 0 N–H and O–H groups in total. The molecule has 2 heteroatoms. The number of hydrogen-bond acceptors (Lipinski definition) is 2. The van der Waals surface area contributed by atoms with Gasteiger partial charge in [0.25, 0.3) is 0 Å². The van der Waals surface area contributed by atoms with Gasteiger partial charge in [-0.05, 0) is 94.9 Å². The Labute approximate surface area is 196 Å². The normalized spacial score (nSPS) is 23.2. The van der Waals surface area contributed by atoms with Crippen LogP contribution >= 0.6 is 0 Å². The van der Waals surface area contributed by atoms with Gasteiger partial charge in [-0.15, -0.1) is 0 Å². The van der Waals surface area contributed by atoms with Gasteiger partial charge in [-0.25, -0.2) is 0 Å². The summed E-state index contributed by atoms with van der Waals surface area (Å²) in [7, 11) is 0. The maximum absolute atomic E-state index is 6.31. The lowest BCUT2D eigenvalue weighted by molar-refractivity contribution is 0.223. The summed E-state index contributed by atoms with van der Waals surface area (Å²) in [6.07, 6.45) is 20.6. The number of hydrogen-bond donors (Lipinski definition) is 0. The van der Waals surface area contributed by atoms with E-state index in [-0.39, 0.29) is 12.2 Å². The van der Waals surface area contributed by atoms with Gasteiger partial charge in [-0.2, -0.15) is 0 Å². The Kier molecular flexibility index (Phi) is 8.02. The van der Waals surface area contributed by atoms with Gasteiger partial charge in [0.1, 0.15) is 11.5 Å². The largest absolute Gasteiger partial charge is 0.491 e. The van der Waals surface area contributed by atoms with Gasteiger partial charge in [0.2, 0.25) is 0 Å². The number of benzene rings is 1. The smallest absolute Gasteiger partial charge is 0.127 e. The van der Waals surface area contributed by atoms with Crippen LogP contribution in [0.15, 0.2) is 41.5 Å². The molecule has 0 radical (unpaired) electrons. The van der Waals surface area contributed by atoms with Gasteiger partial charge in [0.15, 0.2) is 0 Å². The van der Waals surface area contributed by atoms with Gasteiger partial charge in [-0.1, -0.05) is 56.7 Å². The summed E-state index contributed by atoms with van der Waals surface area (Å²) in [5, 5.41) is 0. The van der Waals surface area contributed by atoms with Gasteiger partial charge in [-0.3, -0.25) is 0 Å². The third kappa shape index (κ3) is 5.61. The Hall–Kier alpha value is -1.70. The standard InChI is InChI=1S/C30H44O2/c1-21(2)31-28-16-11-17-29(32-22(3)4)30(28)25-18-19-26(23-12-7-5-8-13-23)27(20-25)24-14-9-6-10-15-24/h11,16-17,19-25H,5-10,12-15,18H2,1-4H3. The highest BCUT2D eigenvalue weighted by atomic mass is 16.5. The third-order valence-electron chi connectivity index (χ3n) is 7.52. The average Bonchev–Trinajstić information content (AvgIpc) is 2.79. The van der Waals surface area contributed by atoms with Crippen molar-refractivity contribution in [3.8, 4) is 11.5 Å². The minimum Gasteiger partial charge on any atom is -0.491 e. The van der Waals surface area contributed by atoms with Crippen LogP contribution in [-0.4, -0.2) is 12.2 Å².